The topological polar surface area (TPSA) is 154 Å². The number of ether oxygens (including phenoxy) is 2. The van der Waals surface area contributed by atoms with E-state index in [0.29, 0.717) is 24.0 Å². The van der Waals surface area contributed by atoms with Crippen LogP contribution in [0.2, 0.25) is 0 Å². The Kier molecular flexibility index (Phi) is 10.5. The maximum atomic E-state index is 10.3. The van der Waals surface area contributed by atoms with Crippen molar-refractivity contribution in [2.24, 2.45) is 11.8 Å². The SMILES string of the molecule is CCN(CC)CCO[C@@H]1C[C@H]2C[C@H](OC2(C)C)[C@H]1C.O=C(O)CC(O)(CC(=O)O)C(=O)O. The molecule has 186 valence electrons. The Bertz CT molecular complexity index is 631. The van der Waals surface area contributed by atoms with E-state index < -0.39 is 36.4 Å². The first-order valence-electron chi connectivity index (χ1n) is 11.2. The van der Waals surface area contributed by atoms with E-state index in [1.165, 1.54) is 12.8 Å². The molecular formula is C22H39NO9. The van der Waals surface area contributed by atoms with Gasteiger partial charge in [0.1, 0.15) is 0 Å². The van der Waals surface area contributed by atoms with Gasteiger partial charge in [0.15, 0.2) is 5.60 Å². The predicted octanol–water partition coefficient (Wildman–Crippen LogP) is 1.69. The van der Waals surface area contributed by atoms with Crippen LogP contribution < -0.4 is 0 Å². The van der Waals surface area contributed by atoms with E-state index in [-0.39, 0.29) is 5.60 Å². The van der Waals surface area contributed by atoms with Gasteiger partial charge in [-0.25, -0.2) is 4.79 Å². The summed E-state index contributed by atoms with van der Waals surface area (Å²) < 4.78 is 12.4. The Hall–Kier alpha value is -1.75. The minimum absolute atomic E-state index is 0.0515. The molecule has 2 fully saturated rings. The molecule has 1 heterocycles. The van der Waals surface area contributed by atoms with Crippen LogP contribution >= 0.6 is 0 Å². The maximum absolute atomic E-state index is 10.3. The number of rotatable bonds is 11. The highest BCUT2D eigenvalue weighted by atomic mass is 16.5. The van der Waals surface area contributed by atoms with Gasteiger partial charge in [0.05, 0.1) is 37.3 Å². The maximum Gasteiger partial charge on any atom is 0.336 e. The number of nitrogens with zero attached hydrogens (tertiary/aromatic N) is 1. The summed E-state index contributed by atoms with van der Waals surface area (Å²) in [4.78, 5) is 32.9. The van der Waals surface area contributed by atoms with Crippen molar-refractivity contribution in [3.8, 4) is 0 Å². The molecule has 1 saturated heterocycles. The van der Waals surface area contributed by atoms with Gasteiger partial charge in [0.25, 0.3) is 0 Å². The van der Waals surface area contributed by atoms with Gasteiger partial charge in [0.2, 0.25) is 0 Å². The zero-order valence-electron chi connectivity index (χ0n) is 19.7. The molecule has 4 N–H and O–H groups in total. The highest BCUT2D eigenvalue weighted by molar-refractivity contribution is 5.88. The van der Waals surface area contributed by atoms with Gasteiger partial charge in [-0.3, -0.25) is 9.59 Å². The third-order valence-electron chi connectivity index (χ3n) is 6.56. The molecule has 2 bridgehead atoms. The quantitative estimate of drug-likeness (QED) is 0.357. The van der Waals surface area contributed by atoms with Crippen molar-refractivity contribution >= 4 is 17.9 Å². The van der Waals surface area contributed by atoms with Crippen LogP contribution in [0.15, 0.2) is 0 Å². The average Bonchev–Trinajstić information content (AvgIpc) is 2.92. The molecular weight excluding hydrogens is 422 g/mol. The van der Waals surface area contributed by atoms with Crippen LogP contribution in [0.25, 0.3) is 0 Å². The van der Waals surface area contributed by atoms with Crippen LogP contribution in [0.5, 0.6) is 0 Å². The van der Waals surface area contributed by atoms with Crippen LogP contribution in [-0.4, -0.2) is 92.9 Å². The number of carbonyl (C=O) groups is 3. The monoisotopic (exact) mass is 461 g/mol. The Morgan fingerprint density at radius 3 is 2.03 bits per heavy atom. The fourth-order valence-corrected chi connectivity index (χ4v) is 4.34. The Morgan fingerprint density at radius 2 is 1.59 bits per heavy atom. The standard InChI is InChI=1S/C16H31NO2.C6H8O7/c1-6-17(7-2)8-9-18-14-10-13-11-15(12(14)3)19-16(13,4)5;7-3(8)1-6(13,5(11)12)2-4(9)10/h12-15H,6-11H2,1-5H3;13H,1-2H2,(H,7,8)(H,9,10)(H,11,12)/t12-,13-,14+,15-;/m0./s1. The van der Waals surface area contributed by atoms with Crippen molar-refractivity contribution < 1.29 is 44.3 Å². The Balaban J connectivity index is 0.000000347. The molecule has 0 spiro atoms. The molecule has 0 unspecified atom stereocenters. The van der Waals surface area contributed by atoms with E-state index in [4.69, 9.17) is 29.9 Å². The minimum atomic E-state index is -2.74. The summed E-state index contributed by atoms with van der Waals surface area (Å²) in [5.74, 6) is -3.81. The van der Waals surface area contributed by atoms with E-state index >= 15 is 0 Å². The smallest absolute Gasteiger partial charge is 0.336 e. The van der Waals surface area contributed by atoms with Crippen molar-refractivity contribution in [2.45, 2.75) is 83.7 Å². The second kappa shape index (κ2) is 11.9. The molecule has 0 amide bonds. The number of hydrogen-bond acceptors (Lipinski definition) is 7. The van der Waals surface area contributed by atoms with Crippen molar-refractivity contribution in [1.82, 2.24) is 4.90 Å². The summed E-state index contributed by atoms with van der Waals surface area (Å²) >= 11 is 0. The predicted molar refractivity (Wildman–Crippen MR) is 115 cm³/mol. The van der Waals surface area contributed by atoms with Crippen LogP contribution in [0.4, 0.5) is 0 Å². The second-order valence-corrected chi connectivity index (χ2v) is 9.20. The lowest BCUT2D eigenvalue weighted by molar-refractivity contribution is -0.170. The third kappa shape index (κ3) is 7.99. The number of carboxylic acids is 3. The molecule has 4 atom stereocenters. The van der Waals surface area contributed by atoms with Gasteiger partial charge in [-0.1, -0.05) is 20.8 Å². The Morgan fingerprint density at radius 1 is 1.06 bits per heavy atom. The molecule has 0 aromatic heterocycles. The summed E-state index contributed by atoms with van der Waals surface area (Å²) in [5, 5.41) is 33.8. The summed E-state index contributed by atoms with van der Waals surface area (Å²) in [6.07, 6.45) is 0.907. The number of aliphatic carboxylic acids is 3. The molecule has 1 aliphatic heterocycles. The van der Waals surface area contributed by atoms with E-state index in [0.717, 1.165) is 26.2 Å². The van der Waals surface area contributed by atoms with Crippen molar-refractivity contribution in [1.29, 1.82) is 0 Å². The molecule has 1 aliphatic carbocycles. The fourth-order valence-electron chi connectivity index (χ4n) is 4.34. The zero-order valence-corrected chi connectivity index (χ0v) is 19.7. The van der Waals surface area contributed by atoms with Crippen LogP contribution in [0, 0.1) is 11.8 Å². The molecule has 10 nitrogen and oxygen atoms in total. The van der Waals surface area contributed by atoms with Gasteiger partial charge in [-0.15, -0.1) is 0 Å². The molecule has 0 aromatic rings. The lowest BCUT2D eigenvalue weighted by Crippen LogP contribution is -2.42. The lowest BCUT2D eigenvalue weighted by atomic mass is 9.76. The van der Waals surface area contributed by atoms with E-state index in [2.05, 4.69) is 39.5 Å². The molecule has 2 aliphatic rings. The molecule has 0 radical (unpaired) electrons. The summed E-state index contributed by atoms with van der Waals surface area (Å²) in [5.41, 5.74) is -2.69. The molecule has 1 saturated carbocycles. The van der Waals surface area contributed by atoms with Gasteiger partial charge in [-0.05, 0) is 45.7 Å². The number of carboxylic acid groups (broad SMARTS) is 3. The number of hydrogen-bond donors (Lipinski definition) is 4. The van der Waals surface area contributed by atoms with Gasteiger partial charge in [-0.2, -0.15) is 0 Å². The fraction of sp³-hybridized carbons (Fsp3) is 0.864. The largest absolute Gasteiger partial charge is 0.481 e. The zero-order chi connectivity index (χ0) is 24.7. The number of aliphatic hydroxyl groups is 1. The first-order chi connectivity index (χ1) is 14.8. The first-order valence-corrected chi connectivity index (χ1v) is 11.2. The summed E-state index contributed by atoms with van der Waals surface area (Å²) in [6.45, 7) is 15.3. The summed E-state index contributed by atoms with van der Waals surface area (Å²) in [7, 11) is 0. The Labute approximate surface area is 189 Å². The lowest BCUT2D eigenvalue weighted by Gasteiger charge is -2.34. The molecule has 10 heteroatoms. The van der Waals surface area contributed by atoms with Crippen molar-refractivity contribution in [3.63, 3.8) is 0 Å². The highest BCUT2D eigenvalue weighted by Gasteiger charge is 2.50. The van der Waals surface area contributed by atoms with Crippen LogP contribution in [0.3, 0.4) is 0 Å². The van der Waals surface area contributed by atoms with E-state index in [1.807, 2.05) is 0 Å². The van der Waals surface area contributed by atoms with Gasteiger partial charge in [0, 0.05) is 12.5 Å². The highest BCUT2D eigenvalue weighted by Crippen LogP contribution is 2.47. The van der Waals surface area contributed by atoms with Crippen molar-refractivity contribution in [3.05, 3.63) is 0 Å². The van der Waals surface area contributed by atoms with Gasteiger partial charge < -0.3 is 34.8 Å². The normalized spacial score (nSPS) is 26.3. The second-order valence-electron chi connectivity index (χ2n) is 9.20. The molecule has 0 aromatic carbocycles. The first kappa shape index (κ1) is 28.3. The van der Waals surface area contributed by atoms with Gasteiger partial charge >= 0.3 is 17.9 Å². The van der Waals surface area contributed by atoms with Crippen LogP contribution in [0.1, 0.15) is 60.3 Å². The third-order valence-corrected chi connectivity index (χ3v) is 6.56. The minimum Gasteiger partial charge on any atom is -0.481 e. The molecule has 32 heavy (non-hydrogen) atoms. The summed E-state index contributed by atoms with van der Waals surface area (Å²) in [6, 6.07) is 0. The average molecular weight is 462 g/mol. The number of likely N-dealkylation sites (N-methyl/N-ethyl adjacent to an activating group) is 1. The van der Waals surface area contributed by atoms with Crippen LogP contribution in [-0.2, 0) is 23.9 Å². The van der Waals surface area contributed by atoms with Crippen molar-refractivity contribution in [2.75, 3.05) is 26.2 Å². The van der Waals surface area contributed by atoms with E-state index in [1.54, 1.807) is 0 Å². The number of fused-ring (bicyclic) bond motifs is 2. The van der Waals surface area contributed by atoms with E-state index in [9.17, 15) is 14.4 Å². The molecule has 2 rings (SSSR count).